The number of nitrogens with zero attached hydrogens (tertiary/aromatic N) is 2. The molecule has 3 aromatic heterocycles. The van der Waals surface area contributed by atoms with E-state index in [1.165, 1.54) is 0 Å². The first kappa shape index (κ1) is 31.4. The molecule has 0 fully saturated rings. The molecule has 0 amide bonds. The monoisotopic (exact) mass is 610 g/mol. The van der Waals surface area contributed by atoms with Crippen molar-refractivity contribution in [3.8, 4) is 0 Å². The predicted molar refractivity (Wildman–Crippen MR) is 174 cm³/mol. The van der Waals surface area contributed by atoms with Crippen LogP contribution in [0.3, 0.4) is 0 Å². The summed E-state index contributed by atoms with van der Waals surface area (Å²) in [6, 6.07) is 5.77. The molecule has 2 atom stereocenters. The Kier molecular flexibility index (Phi) is 8.51. The van der Waals surface area contributed by atoms with Crippen molar-refractivity contribution in [1.29, 1.82) is 0 Å². The Labute approximate surface area is 260 Å². The second-order valence-electron chi connectivity index (χ2n) is 11.8. The van der Waals surface area contributed by atoms with E-state index in [4.69, 9.17) is 9.97 Å². The van der Waals surface area contributed by atoms with Gasteiger partial charge in [0.2, 0.25) is 0 Å². The average molecular weight is 611 g/mol. The van der Waals surface area contributed by atoms with Gasteiger partial charge in [-0.3, -0.25) is 14.6 Å². The number of fused-ring (bicyclic) bond motifs is 8. The quantitative estimate of drug-likeness (QED) is 0.167. The Balaban J connectivity index is 2.01. The molecule has 0 aromatic carbocycles. The Morgan fingerprint density at radius 3 is 2.24 bits per heavy atom. The third-order valence-electron chi connectivity index (χ3n) is 9.18. The molecule has 5 rings (SSSR count). The number of H-pyrrole nitrogens is 2. The molecule has 0 spiro atoms. The molecule has 5 N–H and O–H groups in total. The summed E-state index contributed by atoms with van der Waals surface area (Å²) in [4.78, 5) is 53.2. The van der Waals surface area contributed by atoms with Gasteiger partial charge in [0, 0.05) is 51.6 Å². The van der Waals surface area contributed by atoms with Gasteiger partial charge in [0.1, 0.15) is 0 Å². The first-order valence-corrected chi connectivity index (χ1v) is 15.1. The summed E-state index contributed by atoms with van der Waals surface area (Å²) >= 11 is 0. The number of aromatic carboxylic acids is 1. The molecule has 234 valence electrons. The molecule has 0 saturated carbocycles. The van der Waals surface area contributed by atoms with Gasteiger partial charge in [-0.2, -0.15) is 0 Å². The van der Waals surface area contributed by atoms with Crippen LogP contribution in [0.2, 0.25) is 0 Å². The topological polar surface area (TPSA) is 169 Å². The van der Waals surface area contributed by atoms with E-state index in [2.05, 4.69) is 16.5 Å². The largest absolute Gasteiger partial charge is 0.481 e. The van der Waals surface area contributed by atoms with Gasteiger partial charge in [0.05, 0.1) is 34.6 Å². The summed E-state index contributed by atoms with van der Waals surface area (Å²) in [7, 11) is 0. The van der Waals surface area contributed by atoms with Gasteiger partial charge in [0.25, 0.3) is 0 Å². The van der Waals surface area contributed by atoms with Crippen molar-refractivity contribution < 1.29 is 29.7 Å². The van der Waals surface area contributed by atoms with E-state index >= 15 is 0 Å². The van der Waals surface area contributed by atoms with Crippen LogP contribution < -0.4 is 0 Å². The van der Waals surface area contributed by atoms with Crippen LogP contribution in [0.1, 0.15) is 114 Å². The highest BCUT2D eigenvalue weighted by molar-refractivity contribution is 6.02. The van der Waals surface area contributed by atoms with Gasteiger partial charge in [-0.15, -0.1) is 0 Å². The van der Waals surface area contributed by atoms with Crippen LogP contribution in [0, 0.1) is 13.8 Å². The average Bonchev–Trinajstić information content (AvgIpc) is 3.65. The number of aromatic nitrogens is 4. The lowest BCUT2D eigenvalue weighted by molar-refractivity contribution is -0.137. The Hall–Kier alpha value is -4.99. The number of aromatic amines is 2. The van der Waals surface area contributed by atoms with E-state index in [-0.39, 0.29) is 34.9 Å². The minimum Gasteiger partial charge on any atom is -0.481 e. The first-order chi connectivity index (χ1) is 21.4. The molecule has 10 heteroatoms. The minimum atomic E-state index is -1.19. The smallest absolute Gasteiger partial charge is 0.338 e. The fourth-order valence-electron chi connectivity index (χ4n) is 6.72. The van der Waals surface area contributed by atoms with Crippen LogP contribution in [-0.2, 0) is 16.0 Å². The van der Waals surface area contributed by atoms with Crippen molar-refractivity contribution in [3.05, 3.63) is 75.4 Å². The zero-order valence-corrected chi connectivity index (χ0v) is 26.2. The summed E-state index contributed by atoms with van der Waals surface area (Å²) in [5.41, 5.74) is 9.64. The molecule has 0 unspecified atom stereocenters. The fourth-order valence-corrected chi connectivity index (χ4v) is 6.72. The number of carboxylic acids is 3. The summed E-state index contributed by atoms with van der Waals surface area (Å²) in [5, 5.41) is 29.8. The van der Waals surface area contributed by atoms with Crippen molar-refractivity contribution in [3.63, 3.8) is 0 Å². The predicted octanol–water partition coefficient (Wildman–Crippen LogP) is 7.38. The number of carbonyl (C=O) groups is 3. The van der Waals surface area contributed by atoms with Crippen LogP contribution in [-0.4, -0.2) is 53.2 Å². The fraction of sp³-hybridized carbons (Fsp3) is 0.343. The summed E-state index contributed by atoms with van der Waals surface area (Å²) in [6.45, 7) is 13.8. The molecular weight excluding hydrogens is 572 g/mol. The third kappa shape index (κ3) is 5.68. The molecule has 2 aliphatic rings. The van der Waals surface area contributed by atoms with Crippen LogP contribution in [0.5, 0.6) is 0 Å². The van der Waals surface area contributed by atoms with Crippen molar-refractivity contribution in [2.24, 2.45) is 0 Å². The SMILES string of the molecule is C=Cc1c(C)c2cc3nc(c(CC(=O)O)c4[nH]c(cc5nc(cc1[nH]2)C(C)=C5CC)c(C)c4C(=O)O)[C@@H](CCCC(=O)O)[C@@H]3C. The molecular formula is C35H38N4O6. The molecule has 0 saturated heterocycles. The highest BCUT2D eigenvalue weighted by atomic mass is 16.4. The molecule has 8 bridgehead atoms. The van der Waals surface area contributed by atoms with E-state index < -0.39 is 24.3 Å². The Morgan fingerprint density at radius 2 is 1.62 bits per heavy atom. The van der Waals surface area contributed by atoms with Gasteiger partial charge in [0.15, 0.2) is 0 Å². The second kappa shape index (κ2) is 12.2. The van der Waals surface area contributed by atoms with Crippen molar-refractivity contribution in [1.82, 2.24) is 19.9 Å². The highest BCUT2D eigenvalue weighted by Crippen LogP contribution is 2.43. The minimum absolute atomic E-state index is 0.0212. The van der Waals surface area contributed by atoms with Crippen molar-refractivity contribution >= 4 is 57.2 Å². The van der Waals surface area contributed by atoms with Crippen molar-refractivity contribution in [2.45, 2.75) is 78.6 Å². The highest BCUT2D eigenvalue weighted by Gasteiger charge is 2.33. The number of hydrogen-bond acceptors (Lipinski definition) is 5. The molecule has 10 nitrogen and oxygen atoms in total. The maximum atomic E-state index is 12.7. The van der Waals surface area contributed by atoms with Crippen LogP contribution in [0.25, 0.3) is 39.3 Å². The summed E-state index contributed by atoms with van der Waals surface area (Å²) in [6.07, 6.45) is 2.79. The van der Waals surface area contributed by atoms with Crippen LogP contribution >= 0.6 is 0 Å². The van der Waals surface area contributed by atoms with Gasteiger partial charge in [-0.05, 0) is 80.5 Å². The molecule has 3 aromatic rings. The van der Waals surface area contributed by atoms with Gasteiger partial charge in [-0.25, -0.2) is 9.78 Å². The molecule has 45 heavy (non-hydrogen) atoms. The zero-order chi connectivity index (χ0) is 32.7. The summed E-state index contributed by atoms with van der Waals surface area (Å²) < 4.78 is 0. The van der Waals surface area contributed by atoms with E-state index in [9.17, 15) is 29.7 Å². The van der Waals surface area contributed by atoms with E-state index in [1.807, 2.05) is 45.9 Å². The normalized spacial score (nSPS) is 16.2. The van der Waals surface area contributed by atoms with Gasteiger partial charge in [-0.1, -0.05) is 26.5 Å². The van der Waals surface area contributed by atoms with E-state index in [0.717, 1.165) is 39.0 Å². The zero-order valence-electron chi connectivity index (χ0n) is 26.2. The number of nitrogens with one attached hydrogen (secondary N) is 2. The number of carboxylic acid groups (broad SMARTS) is 3. The third-order valence-corrected chi connectivity index (χ3v) is 9.18. The first-order valence-electron chi connectivity index (χ1n) is 15.1. The molecule has 0 aliphatic carbocycles. The van der Waals surface area contributed by atoms with Gasteiger partial charge >= 0.3 is 17.9 Å². The molecule has 5 heterocycles. The van der Waals surface area contributed by atoms with E-state index in [1.54, 1.807) is 13.0 Å². The number of aliphatic carboxylic acids is 2. The lowest BCUT2D eigenvalue weighted by Crippen LogP contribution is -2.10. The summed E-state index contributed by atoms with van der Waals surface area (Å²) in [5.74, 6) is -3.76. The molecule has 0 radical (unpaired) electrons. The lowest BCUT2D eigenvalue weighted by Gasteiger charge is -2.17. The number of allylic oxidation sites excluding steroid dienone is 2. The maximum absolute atomic E-state index is 12.7. The number of rotatable bonds is 9. The van der Waals surface area contributed by atoms with Gasteiger partial charge < -0.3 is 25.3 Å². The molecule has 2 aliphatic heterocycles. The Morgan fingerprint density at radius 1 is 0.933 bits per heavy atom. The number of aryl methyl sites for hydroxylation is 2. The standard InChI is InChI=1S/C35H38N4O6/c1-7-20-16(3)24-13-26-18(5)22(10-9-11-30(40)41)33(38-26)23(12-31(42)43)34-32(35(44)45)19(6)27(39-34)15-29-21(8-2)17(4)25(37-29)14-28(20)36-24/h7,13-15,18,22,36,39H,1,8-12H2,2-6H3,(H,40,41)(H,42,43)(H,44,45)/t18-,22-/m0/s1. The van der Waals surface area contributed by atoms with Crippen LogP contribution in [0.4, 0.5) is 0 Å². The van der Waals surface area contributed by atoms with Crippen LogP contribution in [0.15, 0.2) is 24.8 Å². The number of hydrogen-bond donors (Lipinski definition) is 5. The second-order valence-corrected chi connectivity index (χ2v) is 11.8. The van der Waals surface area contributed by atoms with Crippen molar-refractivity contribution in [2.75, 3.05) is 0 Å². The Bertz CT molecular complexity index is 1960. The maximum Gasteiger partial charge on any atom is 0.338 e. The lowest BCUT2D eigenvalue weighted by atomic mass is 9.84. The van der Waals surface area contributed by atoms with E-state index in [0.29, 0.717) is 47.4 Å².